The summed E-state index contributed by atoms with van der Waals surface area (Å²) in [6.45, 7) is 4.54. The zero-order valence-corrected chi connectivity index (χ0v) is 13.3. The Labute approximate surface area is 125 Å². The Bertz CT molecular complexity index is 296. The molecule has 2 unspecified atom stereocenters. The van der Waals surface area contributed by atoms with E-state index in [0.717, 1.165) is 31.0 Å². The van der Waals surface area contributed by atoms with Gasteiger partial charge in [0.15, 0.2) is 0 Å². The summed E-state index contributed by atoms with van der Waals surface area (Å²) in [5.74, 6) is 1.69. The first-order valence-corrected chi connectivity index (χ1v) is 9.13. The molecule has 116 valence electrons. The smallest absolute Gasteiger partial charge is 0.0809 e. The molecule has 0 saturated heterocycles. The number of rotatable bonds is 6. The Kier molecular flexibility index (Phi) is 5.04. The minimum Gasteiger partial charge on any atom is -0.373 e. The summed E-state index contributed by atoms with van der Waals surface area (Å²) in [7, 11) is 0. The Morgan fingerprint density at radius 3 is 2.50 bits per heavy atom. The van der Waals surface area contributed by atoms with E-state index in [0.29, 0.717) is 0 Å². The standard InChI is InChI=1S/C18H33NO/c1-15-6-5-11-18(12-15,14-19-17-9-10-17)20-13-16-7-3-2-4-8-16/h15-17,19H,2-14H2,1H3. The van der Waals surface area contributed by atoms with Crippen LogP contribution < -0.4 is 5.32 Å². The molecule has 0 aromatic heterocycles. The maximum absolute atomic E-state index is 6.60. The van der Waals surface area contributed by atoms with Gasteiger partial charge >= 0.3 is 0 Å². The van der Waals surface area contributed by atoms with Crippen LogP contribution in [0.5, 0.6) is 0 Å². The van der Waals surface area contributed by atoms with E-state index in [1.165, 1.54) is 70.6 Å². The highest BCUT2D eigenvalue weighted by Gasteiger charge is 2.37. The first-order valence-electron chi connectivity index (χ1n) is 9.13. The van der Waals surface area contributed by atoms with Crippen LogP contribution >= 0.6 is 0 Å². The van der Waals surface area contributed by atoms with Crippen molar-refractivity contribution in [3.63, 3.8) is 0 Å². The summed E-state index contributed by atoms with van der Waals surface area (Å²) in [4.78, 5) is 0. The summed E-state index contributed by atoms with van der Waals surface area (Å²) in [5, 5.41) is 3.75. The highest BCUT2D eigenvalue weighted by Crippen LogP contribution is 2.37. The summed E-state index contributed by atoms with van der Waals surface area (Å²) < 4.78 is 6.60. The minimum atomic E-state index is 0.164. The zero-order chi connectivity index (χ0) is 13.8. The van der Waals surface area contributed by atoms with E-state index in [9.17, 15) is 0 Å². The normalized spacial score (nSPS) is 36.1. The molecular weight excluding hydrogens is 246 g/mol. The Morgan fingerprint density at radius 1 is 1.00 bits per heavy atom. The van der Waals surface area contributed by atoms with E-state index in [1.54, 1.807) is 0 Å². The van der Waals surface area contributed by atoms with E-state index in [1.807, 2.05) is 0 Å². The Morgan fingerprint density at radius 2 is 1.80 bits per heavy atom. The van der Waals surface area contributed by atoms with Crippen molar-refractivity contribution in [3.8, 4) is 0 Å². The van der Waals surface area contributed by atoms with Crippen molar-refractivity contribution < 1.29 is 4.74 Å². The number of hydrogen-bond donors (Lipinski definition) is 1. The van der Waals surface area contributed by atoms with Crippen molar-refractivity contribution in [1.29, 1.82) is 0 Å². The predicted molar refractivity (Wildman–Crippen MR) is 83.9 cm³/mol. The average Bonchev–Trinajstić information content (AvgIpc) is 3.29. The molecule has 0 heterocycles. The van der Waals surface area contributed by atoms with E-state index in [-0.39, 0.29) is 5.60 Å². The van der Waals surface area contributed by atoms with Gasteiger partial charge in [-0.1, -0.05) is 39.0 Å². The monoisotopic (exact) mass is 279 g/mol. The lowest BCUT2D eigenvalue weighted by atomic mass is 9.78. The van der Waals surface area contributed by atoms with Gasteiger partial charge < -0.3 is 10.1 Å². The van der Waals surface area contributed by atoms with Crippen molar-refractivity contribution >= 4 is 0 Å². The van der Waals surface area contributed by atoms with E-state index in [2.05, 4.69) is 12.2 Å². The molecule has 0 amide bonds. The van der Waals surface area contributed by atoms with Gasteiger partial charge in [-0.15, -0.1) is 0 Å². The van der Waals surface area contributed by atoms with Crippen molar-refractivity contribution in [1.82, 2.24) is 5.32 Å². The first kappa shape index (κ1) is 14.8. The predicted octanol–water partition coefficient (Wildman–Crippen LogP) is 4.28. The van der Waals surface area contributed by atoms with Gasteiger partial charge in [0.05, 0.1) is 12.2 Å². The quantitative estimate of drug-likeness (QED) is 0.783. The third-order valence-electron chi connectivity index (χ3n) is 5.69. The van der Waals surface area contributed by atoms with Gasteiger partial charge in [0, 0.05) is 12.6 Å². The molecule has 0 radical (unpaired) electrons. The fourth-order valence-electron chi connectivity index (χ4n) is 4.22. The molecule has 3 fully saturated rings. The fraction of sp³-hybridized carbons (Fsp3) is 1.00. The third kappa shape index (κ3) is 4.21. The van der Waals surface area contributed by atoms with Gasteiger partial charge in [-0.3, -0.25) is 0 Å². The maximum Gasteiger partial charge on any atom is 0.0809 e. The second-order valence-corrected chi connectivity index (χ2v) is 7.85. The summed E-state index contributed by atoms with van der Waals surface area (Å²) in [6, 6.07) is 0.808. The molecule has 3 aliphatic rings. The molecule has 20 heavy (non-hydrogen) atoms. The SMILES string of the molecule is CC1CCCC(CNC2CC2)(OCC2CCCCC2)C1. The lowest BCUT2D eigenvalue weighted by Crippen LogP contribution is -2.47. The van der Waals surface area contributed by atoms with Crippen LogP contribution in [0.15, 0.2) is 0 Å². The number of ether oxygens (including phenoxy) is 1. The molecule has 3 rings (SSSR count). The summed E-state index contributed by atoms with van der Waals surface area (Å²) in [6.07, 6.45) is 15.2. The first-order chi connectivity index (χ1) is 9.76. The molecule has 2 atom stereocenters. The molecule has 2 heteroatoms. The van der Waals surface area contributed by atoms with Crippen LogP contribution in [0.1, 0.15) is 77.6 Å². The van der Waals surface area contributed by atoms with Gasteiger partial charge in [-0.25, -0.2) is 0 Å². The molecule has 0 aromatic rings. The molecule has 0 aromatic carbocycles. The molecule has 2 nitrogen and oxygen atoms in total. The molecule has 1 N–H and O–H groups in total. The fourth-order valence-corrected chi connectivity index (χ4v) is 4.22. The third-order valence-corrected chi connectivity index (χ3v) is 5.69. The van der Waals surface area contributed by atoms with Crippen LogP contribution in [0.3, 0.4) is 0 Å². The highest BCUT2D eigenvalue weighted by molar-refractivity contribution is 4.92. The Balaban J connectivity index is 1.52. The van der Waals surface area contributed by atoms with Gasteiger partial charge in [0.1, 0.15) is 0 Å². The second kappa shape index (κ2) is 6.79. The van der Waals surface area contributed by atoms with Crippen LogP contribution in [0.25, 0.3) is 0 Å². The molecule has 0 aliphatic heterocycles. The van der Waals surface area contributed by atoms with Gasteiger partial charge in [0.25, 0.3) is 0 Å². The van der Waals surface area contributed by atoms with Crippen LogP contribution in [0.4, 0.5) is 0 Å². The van der Waals surface area contributed by atoms with Crippen LogP contribution in [-0.2, 0) is 4.74 Å². The molecular formula is C18H33NO. The van der Waals surface area contributed by atoms with Crippen molar-refractivity contribution in [2.45, 2.75) is 89.2 Å². The molecule has 0 spiro atoms. The lowest BCUT2D eigenvalue weighted by Gasteiger charge is -2.41. The average molecular weight is 279 g/mol. The van der Waals surface area contributed by atoms with E-state index in [4.69, 9.17) is 4.74 Å². The Hall–Kier alpha value is -0.0800. The van der Waals surface area contributed by atoms with E-state index < -0.39 is 0 Å². The van der Waals surface area contributed by atoms with Crippen molar-refractivity contribution in [3.05, 3.63) is 0 Å². The zero-order valence-electron chi connectivity index (χ0n) is 13.3. The molecule has 0 bridgehead atoms. The number of hydrogen-bond acceptors (Lipinski definition) is 2. The van der Waals surface area contributed by atoms with Gasteiger partial charge in [-0.05, 0) is 50.4 Å². The van der Waals surface area contributed by atoms with Crippen LogP contribution in [0, 0.1) is 11.8 Å². The van der Waals surface area contributed by atoms with Crippen LogP contribution in [-0.4, -0.2) is 24.8 Å². The van der Waals surface area contributed by atoms with Crippen molar-refractivity contribution in [2.75, 3.05) is 13.2 Å². The van der Waals surface area contributed by atoms with Gasteiger partial charge in [0.2, 0.25) is 0 Å². The second-order valence-electron chi connectivity index (χ2n) is 7.85. The van der Waals surface area contributed by atoms with Crippen LogP contribution in [0.2, 0.25) is 0 Å². The van der Waals surface area contributed by atoms with Crippen molar-refractivity contribution in [2.24, 2.45) is 11.8 Å². The largest absolute Gasteiger partial charge is 0.373 e. The lowest BCUT2D eigenvalue weighted by molar-refractivity contribution is -0.0947. The van der Waals surface area contributed by atoms with E-state index >= 15 is 0 Å². The maximum atomic E-state index is 6.60. The minimum absolute atomic E-state index is 0.164. The molecule has 3 saturated carbocycles. The summed E-state index contributed by atoms with van der Waals surface area (Å²) in [5.41, 5.74) is 0.164. The molecule has 3 aliphatic carbocycles. The number of nitrogens with one attached hydrogen (secondary N) is 1. The highest BCUT2D eigenvalue weighted by atomic mass is 16.5. The van der Waals surface area contributed by atoms with Gasteiger partial charge in [-0.2, -0.15) is 0 Å². The summed E-state index contributed by atoms with van der Waals surface area (Å²) >= 11 is 0. The topological polar surface area (TPSA) is 21.3 Å².